The molecule has 6 nitrogen and oxygen atoms in total. The van der Waals surface area contributed by atoms with Gasteiger partial charge in [0.1, 0.15) is 11.6 Å². The molecule has 1 aliphatic rings. The van der Waals surface area contributed by atoms with Gasteiger partial charge in [-0.2, -0.15) is 23.4 Å². The molecule has 0 radical (unpaired) electrons. The number of fused-ring (bicyclic) bond motifs is 1. The highest BCUT2D eigenvalue weighted by molar-refractivity contribution is 6.35. The number of halogens is 6. The van der Waals surface area contributed by atoms with Gasteiger partial charge in [-0.25, -0.2) is 0 Å². The van der Waals surface area contributed by atoms with Crippen LogP contribution in [-0.2, 0) is 36.9 Å². The zero-order valence-corrected chi connectivity index (χ0v) is 19.5. The fourth-order valence-corrected chi connectivity index (χ4v) is 4.57. The lowest BCUT2D eigenvalue weighted by Crippen LogP contribution is -2.22. The second-order valence-electron chi connectivity index (χ2n) is 7.80. The number of hydrogen-bond acceptors (Lipinski definition) is 3. The molecule has 176 valence electrons. The second kappa shape index (κ2) is 9.56. The van der Waals surface area contributed by atoms with Crippen LogP contribution in [0.5, 0.6) is 0 Å². The van der Waals surface area contributed by atoms with Crippen molar-refractivity contribution in [2.24, 2.45) is 0 Å². The maximum Gasteiger partial charge on any atom is 0.435 e. The molecule has 1 amide bonds. The van der Waals surface area contributed by atoms with E-state index in [9.17, 15) is 18.0 Å². The van der Waals surface area contributed by atoms with Crippen LogP contribution in [0.1, 0.15) is 41.8 Å². The highest BCUT2D eigenvalue weighted by Crippen LogP contribution is 2.35. The largest absolute Gasteiger partial charge is 0.435 e. The summed E-state index contributed by atoms with van der Waals surface area (Å²) in [7, 11) is 0. The van der Waals surface area contributed by atoms with Gasteiger partial charge in [-0.05, 0) is 43.4 Å². The van der Waals surface area contributed by atoms with E-state index in [1.54, 1.807) is 18.2 Å². The predicted molar refractivity (Wildman–Crippen MR) is 120 cm³/mol. The summed E-state index contributed by atoms with van der Waals surface area (Å²) >= 11 is 18.3. The first-order chi connectivity index (χ1) is 15.6. The Balaban J connectivity index is 1.50. The van der Waals surface area contributed by atoms with Crippen LogP contribution >= 0.6 is 34.8 Å². The number of aromatic nitrogens is 4. The first kappa shape index (κ1) is 23.9. The van der Waals surface area contributed by atoms with Crippen molar-refractivity contribution in [2.75, 3.05) is 5.32 Å². The van der Waals surface area contributed by atoms with Gasteiger partial charge in [0.15, 0.2) is 11.5 Å². The van der Waals surface area contributed by atoms with Crippen LogP contribution in [0.15, 0.2) is 24.4 Å². The van der Waals surface area contributed by atoms with E-state index in [-0.39, 0.29) is 29.5 Å². The molecule has 0 bridgehead atoms. The zero-order valence-electron chi connectivity index (χ0n) is 17.2. The molecule has 1 N–H and O–H groups in total. The van der Waals surface area contributed by atoms with Gasteiger partial charge in [-0.1, -0.05) is 47.3 Å². The third-order valence-electron chi connectivity index (χ3n) is 5.39. The first-order valence-electron chi connectivity index (χ1n) is 10.2. The van der Waals surface area contributed by atoms with E-state index in [1.165, 1.54) is 10.9 Å². The quantitative estimate of drug-likeness (QED) is 0.419. The van der Waals surface area contributed by atoms with Crippen molar-refractivity contribution >= 4 is 46.5 Å². The molecule has 0 spiro atoms. The average Bonchev–Trinajstić information content (AvgIpc) is 3.12. The van der Waals surface area contributed by atoms with Crippen LogP contribution in [0.4, 0.5) is 19.0 Å². The Hall–Kier alpha value is -2.23. The monoisotopic (exact) mass is 519 g/mol. The third-order valence-corrected chi connectivity index (χ3v) is 6.25. The highest BCUT2D eigenvalue weighted by Gasteiger charge is 2.39. The lowest BCUT2D eigenvalue weighted by atomic mass is 10.1. The van der Waals surface area contributed by atoms with E-state index in [4.69, 9.17) is 34.8 Å². The van der Waals surface area contributed by atoms with E-state index in [1.807, 2.05) is 0 Å². The smallest absolute Gasteiger partial charge is 0.306 e. The molecule has 4 rings (SSSR count). The molecule has 2 heterocycles. The average molecular weight is 521 g/mol. The highest BCUT2D eigenvalue weighted by atomic mass is 35.5. The third kappa shape index (κ3) is 5.47. The van der Waals surface area contributed by atoms with Gasteiger partial charge in [0, 0.05) is 27.5 Å². The predicted octanol–water partition coefficient (Wildman–Crippen LogP) is 6.01. The van der Waals surface area contributed by atoms with Crippen molar-refractivity contribution in [2.45, 2.75) is 51.4 Å². The standard InChI is InChI=1S/C21H19Cl3F3N5O/c22-13-7-6-12(15(23)8-13)9-31-10-16(24)20(30-31)28-18(33)11-32-17-5-3-1-2-4-14(17)19(29-32)21(25,26)27/h6-8,10H,1-5,9,11H2,(H,28,30,33). The van der Waals surface area contributed by atoms with Crippen molar-refractivity contribution < 1.29 is 18.0 Å². The van der Waals surface area contributed by atoms with E-state index in [0.717, 1.165) is 23.1 Å². The van der Waals surface area contributed by atoms with Gasteiger partial charge in [0.2, 0.25) is 5.91 Å². The lowest BCUT2D eigenvalue weighted by molar-refractivity contribution is -0.142. The van der Waals surface area contributed by atoms with Crippen molar-refractivity contribution in [3.8, 4) is 0 Å². The molecule has 1 aliphatic carbocycles. The summed E-state index contributed by atoms with van der Waals surface area (Å²) < 4.78 is 43.0. The Morgan fingerprint density at radius 2 is 1.82 bits per heavy atom. The molecular weight excluding hydrogens is 502 g/mol. The summed E-state index contributed by atoms with van der Waals surface area (Å²) in [6.07, 6.45) is -0.0498. The molecule has 12 heteroatoms. The van der Waals surface area contributed by atoms with Crippen LogP contribution in [0.3, 0.4) is 0 Å². The van der Waals surface area contributed by atoms with E-state index in [2.05, 4.69) is 15.5 Å². The number of nitrogens with one attached hydrogen (secondary N) is 1. The molecule has 0 fully saturated rings. The molecule has 1 aromatic carbocycles. The van der Waals surface area contributed by atoms with Crippen LogP contribution in [0, 0.1) is 0 Å². The fourth-order valence-electron chi connectivity index (χ4n) is 3.90. The molecule has 3 aromatic rings. The Kier molecular flexibility index (Phi) is 6.93. The minimum Gasteiger partial charge on any atom is -0.306 e. The molecular formula is C21H19Cl3F3N5O. The van der Waals surface area contributed by atoms with Gasteiger partial charge in [-0.15, -0.1) is 0 Å². The molecule has 0 unspecified atom stereocenters. The fraction of sp³-hybridized carbons (Fsp3) is 0.381. The van der Waals surface area contributed by atoms with Crippen LogP contribution in [0.25, 0.3) is 0 Å². The van der Waals surface area contributed by atoms with Crippen molar-refractivity contribution in [1.29, 1.82) is 0 Å². The molecule has 33 heavy (non-hydrogen) atoms. The minimum absolute atomic E-state index is 0.0982. The van der Waals surface area contributed by atoms with Gasteiger partial charge >= 0.3 is 6.18 Å². The lowest BCUT2D eigenvalue weighted by Gasteiger charge is -2.08. The maximum absolute atomic E-state index is 13.5. The summed E-state index contributed by atoms with van der Waals surface area (Å²) in [5.74, 6) is -0.476. The number of anilines is 1. The summed E-state index contributed by atoms with van der Waals surface area (Å²) in [6.45, 7) is -0.0855. The minimum atomic E-state index is -4.57. The Labute approximate surface area is 202 Å². The van der Waals surface area contributed by atoms with Crippen molar-refractivity contribution in [3.05, 3.63) is 62.0 Å². The van der Waals surface area contributed by atoms with Crippen molar-refractivity contribution in [3.63, 3.8) is 0 Å². The Morgan fingerprint density at radius 1 is 1.06 bits per heavy atom. The number of amides is 1. The first-order valence-corrected chi connectivity index (χ1v) is 11.4. The topological polar surface area (TPSA) is 64.7 Å². The summed E-state index contributed by atoms with van der Waals surface area (Å²) in [4.78, 5) is 12.6. The Morgan fingerprint density at radius 3 is 2.55 bits per heavy atom. The van der Waals surface area contributed by atoms with Crippen LogP contribution in [-0.4, -0.2) is 25.5 Å². The summed E-state index contributed by atoms with van der Waals surface area (Å²) in [5.41, 5.74) is 0.491. The van der Waals surface area contributed by atoms with Crippen molar-refractivity contribution in [1.82, 2.24) is 19.6 Å². The van der Waals surface area contributed by atoms with Crippen LogP contribution in [0.2, 0.25) is 15.1 Å². The van der Waals surface area contributed by atoms with Gasteiger partial charge < -0.3 is 5.32 Å². The number of nitrogens with zero attached hydrogens (tertiary/aromatic N) is 4. The summed E-state index contributed by atoms with van der Waals surface area (Å²) in [6, 6.07) is 5.05. The van der Waals surface area contributed by atoms with E-state index >= 15 is 0 Å². The molecule has 0 saturated heterocycles. The number of rotatable bonds is 5. The SMILES string of the molecule is O=C(Cn1nc(C(F)(F)F)c2c1CCCCC2)Nc1nn(Cc2ccc(Cl)cc2Cl)cc1Cl. The number of hydrogen-bond donors (Lipinski definition) is 1. The normalized spacial score (nSPS) is 14.1. The number of carbonyl (C=O) groups is 1. The van der Waals surface area contributed by atoms with Crippen LogP contribution < -0.4 is 5.32 Å². The zero-order chi connectivity index (χ0) is 23.8. The number of alkyl halides is 3. The van der Waals surface area contributed by atoms with E-state index in [0.29, 0.717) is 35.0 Å². The van der Waals surface area contributed by atoms with Gasteiger partial charge in [0.25, 0.3) is 0 Å². The number of carbonyl (C=O) groups excluding carboxylic acids is 1. The van der Waals surface area contributed by atoms with E-state index < -0.39 is 17.8 Å². The molecule has 0 saturated carbocycles. The molecule has 2 aromatic heterocycles. The van der Waals surface area contributed by atoms with Gasteiger partial charge in [-0.3, -0.25) is 14.2 Å². The molecule has 0 atom stereocenters. The Bertz CT molecular complexity index is 1190. The number of benzene rings is 1. The second-order valence-corrected chi connectivity index (χ2v) is 9.05. The maximum atomic E-state index is 13.5. The molecule has 0 aliphatic heterocycles. The van der Waals surface area contributed by atoms with Gasteiger partial charge in [0.05, 0.1) is 6.54 Å². The summed E-state index contributed by atoms with van der Waals surface area (Å²) in [5, 5.41) is 11.7.